The summed E-state index contributed by atoms with van der Waals surface area (Å²) in [5.41, 5.74) is 1.62. The Morgan fingerprint density at radius 3 is 2.68 bits per heavy atom. The van der Waals surface area contributed by atoms with Crippen molar-refractivity contribution < 1.29 is 9.90 Å². The van der Waals surface area contributed by atoms with Gasteiger partial charge in [-0.15, -0.1) is 0 Å². The molecule has 1 fully saturated rings. The normalized spacial score (nSPS) is 21.9. The molecule has 1 aliphatic carbocycles. The molecule has 0 bridgehead atoms. The van der Waals surface area contributed by atoms with Crippen LogP contribution in [0.3, 0.4) is 0 Å². The number of hydrogen-bond donors (Lipinski definition) is 2. The smallest absolute Gasteiger partial charge is 0.272 e. The third-order valence-corrected chi connectivity index (χ3v) is 4.28. The van der Waals surface area contributed by atoms with Gasteiger partial charge in [0.1, 0.15) is 5.69 Å². The molecule has 0 unspecified atom stereocenters. The van der Waals surface area contributed by atoms with Crippen LogP contribution < -0.4 is 5.32 Å². The molecule has 5 nitrogen and oxygen atoms in total. The van der Waals surface area contributed by atoms with Crippen LogP contribution in [0.25, 0.3) is 0 Å². The number of aliphatic hydroxyl groups is 1. The number of carbonyl (C=O) groups excluding carboxylic acids is 1. The number of nitrogens with one attached hydrogen (secondary N) is 1. The number of nitrogens with zero attached hydrogens (tertiary/aromatic N) is 2. The topological polar surface area (TPSA) is 67.2 Å². The Morgan fingerprint density at radius 1 is 1.36 bits per heavy atom. The fraction of sp³-hybridized carbons (Fsp3) is 0.412. The van der Waals surface area contributed by atoms with Crippen LogP contribution in [-0.2, 0) is 13.5 Å². The van der Waals surface area contributed by atoms with Gasteiger partial charge < -0.3 is 10.4 Å². The van der Waals surface area contributed by atoms with E-state index >= 15 is 0 Å². The van der Waals surface area contributed by atoms with Crippen molar-refractivity contribution in [1.82, 2.24) is 15.1 Å². The van der Waals surface area contributed by atoms with E-state index in [1.807, 2.05) is 18.2 Å². The zero-order valence-corrected chi connectivity index (χ0v) is 12.6. The summed E-state index contributed by atoms with van der Waals surface area (Å²) < 4.78 is 1.62. The summed E-state index contributed by atoms with van der Waals surface area (Å²) in [7, 11) is 1.79. The number of benzene rings is 1. The van der Waals surface area contributed by atoms with Gasteiger partial charge in [-0.2, -0.15) is 5.10 Å². The highest BCUT2D eigenvalue weighted by Gasteiger charge is 2.35. The Hall–Kier alpha value is -2.14. The van der Waals surface area contributed by atoms with E-state index in [9.17, 15) is 9.90 Å². The number of hydrogen-bond acceptors (Lipinski definition) is 3. The van der Waals surface area contributed by atoms with Crippen LogP contribution in [0.15, 0.2) is 42.6 Å². The maximum Gasteiger partial charge on any atom is 0.272 e. The summed E-state index contributed by atoms with van der Waals surface area (Å²) in [6.07, 6.45) is 3.81. The van der Waals surface area contributed by atoms with Crippen molar-refractivity contribution in [2.45, 2.75) is 31.4 Å². The predicted octanol–water partition coefficient (Wildman–Crippen LogP) is 1.53. The summed E-state index contributed by atoms with van der Waals surface area (Å²) in [5.74, 6) is 0.172. The fourth-order valence-corrected chi connectivity index (χ4v) is 2.94. The molecule has 0 aliphatic heterocycles. The number of aliphatic hydroxyl groups excluding tert-OH is 1. The van der Waals surface area contributed by atoms with Gasteiger partial charge in [0.2, 0.25) is 0 Å². The van der Waals surface area contributed by atoms with E-state index in [-0.39, 0.29) is 18.1 Å². The average Bonchev–Trinajstić information content (AvgIpc) is 2.91. The SMILES string of the molecule is Cn1ccc(C(=O)N[C@@H](Cc2ccccc2)C2CC(O)C2)n1. The molecular weight excluding hydrogens is 278 g/mol. The molecule has 116 valence electrons. The van der Waals surface area contributed by atoms with E-state index in [2.05, 4.69) is 22.5 Å². The first-order valence-corrected chi connectivity index (χ1v) is 7.64. The van der Waals surface area contributed by atoms with E-state index in [1.165, 1.54) is 5.56 Å². The standard InChI is InChI=1S/C17H21N3O2/c1-20-8-7-15(19-20)17(22)18-16(13-10-14(21)11-13)9-12-5-3-2-4-6-12/h2-8,13-14,16,21H,9-11H2,1H3,(H,18,22)/t13?,14?,16-/m0/s1. The van der Waals surface area contributed by atoms with Crippen molar-refractivity contribution in [2.75, 3.05) is 0 Å². The van der Waals surface area contributed by atoms with Crippen LogP contribution in [0.4, 0.5) is 0 Å². The van der Waals surface area contributed by atoms with Crippen molar-refractivity contribution in [3.63, 3.8) is 0 Å². The quantitative estimate of drug-likeness (QED) is 0.880. The van der Waals surface area contributed by atoms with Crippen LogP contribution in [-0.4, -0.2) is 32.9 Å². The molecule has 1 saturated carbocycles. The van der Waals surface area contributed by atoms with E-state index in [1.54, 1.807) is 24.0 Å². The maximum absolute atomic E-state index is 12.3. The highest BCUT2D eigenvalue weighted by Crippen LogP contribution is 2.31. The molecule has 2 N–H and O–H groups in total. The number of aromatic nitrogens is 2. The van der Waals surface area contributed by atoms with Crippen LogP contribution in [0.2, 0.25) is 0 Å². The Kier molecular flexibility index (Phi) is 4.24. The van der Waals surface area contributed by atoms with Gasteiger partial charge in [0, 0.05) is 19.3 Å². The van der Waals surface area contributed by atoms with Crippen LogP contribution in [0.1, 0.15) is 28.9 Å². The molecule has 1 heterocycles. The van der Waals surface area contributed by atoms with Gasteiger partial charge in [-0.25, -0.2) is 0 Å². The third-order valence-electron chi connectivity index (χ3n) is 4.28. The molecule has 1 aromatic carbocycles. The molecule has 1 atom stereocenters. The Balaban J connectivity index is 1.69. The van der Waals surface area contributed by atoms with E-state index < -0.39 is 0 Å². The molecule has 1 aliphatic rings. The molecule has 5 heteroatoms. The van der Waals surface area contributed by atoms with Crippen molar-refractivity contribution in [3.05, 3.63) is 53.9 Å². The molecule has 0 saturated heterocycles. The summed E-state index contributed by atoms with van der Waals surface area (Å²) in [4.78, 5) is 12.3. The van der Waals surface area contributed by atoms with Crippen LogP contribution in [0.5, 0.6) is 0 Å². The van der Waals surface area contributed by atoms with E-state index in [0.717, 1.165) is 19.3 Å². The van der Waals surface area contributed by atoms with Gasteiger partial charge in [0.15, 0.2) is 0 Å². The fourth-order valence-electron chi connectivity index (χ4n) is 2.94. The first-order chi connectivity index (χ1) is 10.6. The lowest BCUT2D eigenvalue weighted by molar-refractivity contribution is 0.0238. The highest BCUT2D eigenvalue weighted by atomic mass is 16.3. The Bertz CT molecular complexity index is 632. The van der Waals surface area contributed by atoms with Gasteiger partial charge in [0.05, 0.1) is 6.10 Å². The zero-order valence-electron chi connectivity index (χ0n) is 12.6. The minimum absolute atomic E-state index is 0.0281. The average molecular weight is 299 g/mol. The van der Waals surface area contributed by atoms with Crippen molar-refractivity contribution in [2.24, 2.45) is 13.0 Å². The van der Waals surface area contributed by atoms with Gasteiger partial charge in [-0.05, 0) is 36.8 Å². The van der Waals surface area contributed by atoms with Crippen molar-refractivity contribution in [1.29, 1.82) is 0 Å². The maximum atomic E-state index is 12.3. The summed E-state index contributed by atoms with van der Waals surface area (Å²) in [6.45, 7) is 0. The highest BCUT2D eigenvalue weighted by molar-refractivity contribution is 5.92. The Labute approximate surface area is 130 Å². The molecule has 2 aromatic rings. The molecule has 1 amide bonds. The molecular formula is C17H21N3O2. The second-order valence-electron chi connectivity index (χ2n) is 6.03. The van der Waals surface area contributed by atoms with Gasteiger partial charge >= 0.3 is 0 Å². The van der Waals surface area contributed by atoms with Gasteiger partial charge in [-0.3, -0.25) is 9.48 Å². The minimum Gasteiger partial charge on any atom is -0.393 e. The minimum atomic E-state index is -0.227. The second-order valence-corrected chi connectivity index (χ2v) is 6.03. The summed E-state index contributed by atoms with van der Waals surface area (Å²) in [6, 6.07) is 11.9. The lowest BCUT2D eigenvalue weighted by Crippen LogP contribution is -2.48. The van der Waals surface area contributed by atoms with Crippen molar-refractivity contribution in [3.8, 4) is 0 Å². The van der Waals surface area contributed by atoms with Gasteiger partial charge in [-0.1, -0.05) is 30.3 Å². The van der Waals surface area contributed by atoms with Crippen molar-refractivity contribution >= 4 is 5.91 Å². The lowest BCUT2D eigenvalue weighted by atomic mass is 9.75. The lowest BCUT2D eigenvalue weighted by Gasteiger charge is -2.38. The predicted molar refractivity (Wildman–Crippen MR) is 83.3 cm³/mol. The second kappa shape index (κ2) is 6.32. The van der Waals surface area contributed by atoms with E-state index in [0.29, 0.717) is 11.6 Å². The monoisotopic (exact) mass is 299 g/mol. The molecule has 0 spiro atoms. The Morgan fingerprint density at radius 2 is 2.09 bits per heavy atom. The zero-order chi connectivity index (χ0) is 15.5. The molecule has 22 heavy (non-hydrogen) atoms. The van der Waals surface area contributed by atoms with Crippen LogP contribution in [0, 0.1) is 5.92 Å². The third kappa shape index (κ3) is 3.36. The molecule has 0 radical (unpaired) electrons. The largest absolute Gasteiger partial charge is 0.393 e. The van der Waals surface area contributed by atoms with Crippen LogP contribution >= 0.6 is 0 Å². The number of aryl methyl sites for hydroxylation is 1. The van der Waals surface area contributed by atoms with E-state index in [4.69, 9.17) is 0 Å². The molecule has 1 aromatic heterocycles. The number of carbonyl (C=O) groups is 1. The number of amides is 1. The summed E-state index contributed by atoms with van der Waals surface area (Å²) in [5, 5.41) is 16.8. The first-order valence-electron chi connectivity index (χ1n) is 7.64. The first kappa shape index (κ1) is 14.8. The summed E-state index contributed by atoms with van der Waals surface area (Å²) >= 11 is 0. The van der Waals surface area contributed by atoms with Gasteiger partial charge in [0.25, 0.3) is 5.91 Å². The molecule has 3 rings (SSSR count). The number of rotatable bonds is 5.